The molecule has 0 saturated carbocycles. The average molecular weight is 276 g/mol. The Hall–Kier alpha value is -2.12. The van der Waals surface area contributed by atoms with Gasteiger partial charge < -0.3 is 10.1 Å². The summed E-state index contributed by atoms with van der Waals surface area (Å²) in [5.74, 6) is -1.33. The predicted molar refractivity (Wildman–Crippen MR) is 58.2 cm³/mol. The zero-order chi connectivity index (χ0) is 14.5. The van der Waals surface area contributed by atoms with Gasteiger partial charge in [0.2, 0.25) is 0 Å². The Kier molecular flexibility index (Phi) is 4.85. The van der Waals surface area contributed by atoms with Crippen molar-refractivity contribution in [3.05, 3.63) is 29.6 Å². The highest BCUT2D eigenvalue weighted by molar-refractivity contribution is 5.95. The van der Waals surface area contributed by atoms with Crippen LogP contribution in [0.1, 0.15) is 23.0 Å². The number of hydrogen-bond donors (Lipinski definition) is 1. The summed E-state index contributed by atoms with van der Waals surface area (Å²) in [7, 11) is 0. The lowest BCUT2D eigenvalue weighted by Crippen LogP contribution is -2.30. The normalized spacial score (nSPS) is 10.9. The molecule has 1 N–H and O–H groups in total. The second-order valence-corrected chi connectivity index (χ2v) is 3.42. The first-order chi connectivity index (χ1) is 8.84. The fourth-order valence-electron chi connectivity index (χ4n) is 1.16. The van der Waals surface area contributed by atoms with Crippen molar-refractivity contribution in [3.8, 4) is 0 Å². The summed E-state index contributed by atoms with van der Waals surface area (Å²) in [6.07, 6.45) is -3.76. The highest BCUT2D eigenvalue weighted by Crippen LogP contribution is 2.27. The van der Waals surface area contributed by atoms with Crippen LogP contribution >= 0.6 is 0 Å². The van der Waals surface area contributed by atoms with Crippen molar-refractivity contribution < 1.29 is 27.5 Å². The molecule has 0 aliphatic heterocycles. The first kappa shape index (κ1) is 14.9. The van der Waals surface area contributed by atoms with Gasteiger partial charge in [0.25, 0.3) is 5.91 Å². The van der Waals surface area contributed by atoms with Gasteiger partial charge in [0.1, 0.15) is 12.2 Å². The van der Waals surface area contributed by atoms with Crippen LogP contribution < -0.4 is 5.32 Å². The van der Waals surface area contributed by atoms with Crippen molar-refractivity contribution in [2.75, 3.05) is 13.2 Å². The molecule has 0 atom stereocenters. The van der Waals surface area contributed by atoms with Gasteiger partial charge in [0.05, 0.1) is 12.2 Å². The van der Waals surface area contributed by atoms with E-state index in [0.717, 1.165) is 12.3 Å². The van der Waals surface area contributed by atoms with Gasteiger partial charge in [-0.05, 0) is 19.1 Å². The van der Waals surface area contributed by atoms with Gasteiger partial charge in [-0.1, -0.05) is 0 Å². The molecular weight excluding hydrogens is 265 g/mol. The number of nitrogens with zero attached hydrogens (tertiary/aromatic N) is 1. The Morgan fingerprint density at radius 2 is 2.05 bits per heavy atom. The lowest BCUT2D eigenvalue weighted by Gasteiger charge is -2.07. The molecule has 0 unspecified atom stereocenters. The Labute approximate surface area is 106 Å². The van der Waals surface area contributed by atoms with Gasteiger partial charge in [0, 0.05) is 6.20 Å². The molecule has 0 saturated heterocycles. The van der Waals surface area contributed by atoms with Gasteiger partial charge >= 0.3 is 12.1 Å². The fraction of sp³-hybridized carbons (Fsp3) is 0.364. The van der Waals surface area contributed by atoms with Crippen LogP contribution in [0.4, 0.5) is 13.2 Å². The number of ether oxygens (including phenoxy) is 1. The number of alkyl halides is 3. The molecule has 1 amide bonds. The van der Waals surface area contributed by atoms with Crippen LogP contribution in [0.5, 0.6) is 0 Å². The van der Waals surface area contributed by atoms with Crippen LogP contribution in [0.3, 0.4) is 0 Å². The number of pyridine rings is 1. The van der Waals surface area contributed by atoms with Crippen LogP contribution in [0.25, 0.3) is 0 Å². The second kappa shape index (κ2) is 6.17. The maximum atomic E-state index is 12.2. The van der Waals surface area contributed by atoms with E-state index in [-0.39, 0.29) is 18.7 Å². The first-order valence-electron chi connectivity index (χ1n) is 5.31. The van der Waals surface area contributed by atoms with E-state index in [1.807, 2.05) is 0 Å². The summed E-state index contributed by atoms with van der Waals surface area (Å²) >= 11 is 0. The van der Waals surface area contributed by atoms with Crippen molar-refractivity contribution in [3.63, 3.8) is 0 Å². The van der Waals surface area contributed by atoms with Crippen molar-refractivity contribution in [2.24, 2.45) is 0 Å². The number of halogens is 3. The largest absolute Gasteiger partial charge is 0.465 e. The van der Waals surface area contributed by atoms with E-state index in [1.165, 1.54) is 0 Å². The van der Waals surface area contributed by atoms with Gasteiger partial charge in [-0.3, -0.25) is 14.6 Å². The van der Waals surface area contributed by atoms with E-state index < -0.39 is 23.7 Å². The summed E-state index contributed by atoms with van der Waals surface area (Å²) in [5.41, 5.74) is -1.16. The van der Waals surface area contributed by atoms with Crippen molar-refractivity contribution in [2.45, 2.75) is 13.1 Å². The molecule has 1 rings (SSSR count). The minimum atomic E-state index is -4.56. The van der Waals surface area contributed by atoms with Gasteiger partial charge in [-0.2, -0.15) is 13.2 Å². The van der Waals surface area contributed by atoms with Crippen LogP contribution in [0.2, 0.25) is 0 Å². The highest BCUT2D eigenvalue weighted by atomic mass is 19.4. The summed E-state index contributed by atoms with van der Waals surface area (Å²) < 4.78 is 41.3. The first-order valence-corrected chi connectivity index (χ1v) is 5.31. The molecule has 104 valence electrons. The minimum Gasteiger partial charge on any atom is -0.465 e. The van der Waals surface area contributed by atoms with E-state index in [9.17, 15) is 22.8 Å². The standard InChI is InChI=1S/C11H11F3N2O3/c1-2-19-9(17)6-16-10(18)7-3-4-8(15-5-7)11(12,13)14/h3-5H,2,6H2,1H3,(H,16,18). The third-order valence-electron chi connectivity index (χ3n) is 2.01. The SMILES string of the molecule is CCOC(=O)CNC(=O)c1ccc(C(F)(F)F)nc1. The molecule has 1 heterocycles. The summed E-state index contributed by atoms with van der Waals surface area (Å²) in [4.78, 5) is 25.6. The fourth-order valence-corrected chi connectivity index (χ4v) is 1.16. The number of carbonyl (C=O) groups is 2. The number of hydrogen-bond acceptors (Lipinski definition) is 4. The number of carbonyl (C=O) groups excluding carboxylic acids is 2. The van der Waals surface area contributed by atoms with E-state index in [4.69, 9.17) is 0 Å². The zero-order valence-electron chi connectivity index (χ0n) is 9.95. The van der Waals surface area contributed by atoms with Crippen LogP contribution in [-0.4, -0.2) is 30.0 Å². The molecule has 19 heavy (non-hydrogen) atoms. The summed E-state index contributed by atoms with van der Waals surface area (Å²) in [6, 6.07) is 1.68. The van der Waals surface area contributed by atoms with E-state index >= 15 is 0 Å². The number of aromatic nitrogens is 1. The second-order valence-electron chi connectivity index (χ2n) is 3.42. The molecule has 0 bridgehead atoms. The number of rotatable bonds is 4. The summed E-state index contributed by atoms with van der Waals surface area (Å²) in [6.45, 7) is 1.43. The Balaban J connectivity index is 2.61. The molecule has 0 aliphatic rings. The molecule has 0 aromatic carbocycles. The molecule has 5 nitrogen and oxygen atoms in total. The molecule has 0 radical (unpaired) electrons. The quantitative estimate of drug-likeness (QED) is 0.844. The highest BCUT2D eigenvalue weighted by Gasteiger charge is 2.32. The molecular formula is C11H11F3N2O3. The van der Waals surface area contributed by atoms with Crippen LogP contribution in [0.15, 0.2) is 18.3 Å². The third-order valence-corrected chi connectivity index (χ3v) is 2.01. The van der Waals surface area contributed by atoms with E-state index in [0.29, 0.717) is 6.07 Å². The molecule has 8 heteroatoms. The number of amides is 1. The van der Waals surface area contributed by atoms with Crippen molar-refractivity contribution >= 4 is 11.9 Å². The zero-order valence-corrected chi connectivity index (χ0v) is 9.95. The maximum absolute atomic E-state index is 12.2. The van der Waals surface area contributed by atoms with Gasteiger partial charge in [-0.15, -0.1) is 0 Å². The summed E-state index contributed by atoms with van der Waals surface area (Å²) in [5, 5.41) is 2.21. The Morgan fingerprint density at radius 1 is 1.37 bits per heavy atom. The molecule has 1 aromatic heterocycles. The van der Waals surface area contributed by atoms with Gasteiger partial charge in [-0.25, -0.2) is 0 Å². The van der Waals surface area contributed by atoms with Crippen LogP contribution in [0, 0.1) is 0 Å². The van der Waals surface area contributed by atoms with Crippen molar-refractivity contribution in [1.82, 2.24) is 10.3 Å². The third kappa shape index (κ3) is 4.57. The van der Waals surface area contributed by atoms with Crippen molar-refractivity contribution in [1.29, 1.82) is 0 Å². The van der Waals surface area contributed by atoms with Gasteiger partial charge in [0.15, 0.2) is 0 Å². The average Bonchev–Trinajstić information content (AvgIpc) is 2.35. The number of nitrogens with one attached hydrogen (secondary N) is 1. The topological polar surface area (TPSA) is 68.3 Å². The maximum Gasteiger partial charge on any atom is 0.433 e. The van der Waals surface area contributed by atoms with Crippen LogP contribution in [-0.2, 0) is 15.7 Å². The Morgan fingerprint density at radius 3 is 2.53 bits per heavy atom. The molecule has 0 aliphatic carbocycles. The lowest BCUT2D eigenvalue weighted by atomic mass is 10.2. The monoisotopic (exact) mass is 276 g/mol. The minimum absolute atomic E-state index is 0.0719. The lowest BCUT2D eigenvalue weighted by molar-refractivity contribution is -0.142. The predicted octanol–water partition coefficient (Wildman–Crippen LogP) is 1.39. The molecule has 1 aromatic rings. The van der Waals surface area contributed by atoms with E-state index in [2.05, 4.69) is 15.0 Å². The van der Waals surface area contributed by atoms with E-state index in [1.54, 1.807) is 6.92 Å². The smallest absolute Gasteiger partial charge is 0.433 e. The number of esters is 1. The Bertz CT molecular complexity index is 457. The molecule has 0 spiro atoms. The molecule has 0 fully saturated rings.